The van der Waals surface area contributed by atoms with Crippen LogP contribution >= 0.6 is 11.8 Å². The van der Waals surface area contributed by atoms with E-state index >= 15 is 0 Å². The lowest BCUT2D eigenvalue weighted by Crippen LogP contribution is -2.25. The van der Waals surface area contributed by atoms with Gasteiger partial charge in [0.1, 0.15) is 0 Å². The van der Waals surface area contributed by atoms with Crippen molar-refractivity contribution in [3.8, 4) is 0 Å². The molecule has 1 aliphatic heterocycles. The maximum atomic E-state index is 4.44. The van der Waals surface area contributed by atoms with Gasteiger partial charge in [0.15, 0.2) is 0 Å². The molecule has 0 unspecified atom stereocenters. The number of pyridine rings is 1. The van der Waals surface area contributed by atoms with Gasteiger partial charge >= 0.3 is 0 Å². The van der Waals surface area contributed by atoms with Gasteiger partial charge in [-0.05, 0) is 37.3 Å². The summed E-state index contributed by atoms with van der Waals surface area (Å²) < 4.78 is 0. The van der Waals surface area contributed by atoms with E-state index in [1.807, 2.05) is 6.20 Å². The lowest BCUT2D eigenvalue weighted by atomic mass is 10.2. The van der Waals surface area contributed by atoms with Crippen LogP contribution in [-0.4, -0.2) is 36.1 Å². The molecule has 0 atom stereocenters. The molecule has 0 aliphatic carbocycles. The van der Waals surface area contributed by atoms with E-state index in [1.54, 1.807) is 0 Å². The zero-order chi connectivity index (χ0) is 12.6. The summed E-state index contributed by atoms with van der Waals surface area (Å²) in [6.07, 6.45) is 4.40. The van der Waals surface area contributed by atoms with E-state index in [-0.39, 0.29) is 0 Å². The van der Waals surface area contributed by atoms with Gasteiger partial charge in [0, 0.05) is 37.3 Å². The molecule has 0 aromatic carbocycles. The normalized spacial score (nSPS) is 16.6. The fourth-order valence-electron chi connectivity index (χ4n) is 2.16. The molecule has 2 rings (SSSR count). The van der Waals surface area contributed by atoms with Gasteiger partial charge in [-0.1, -0.05) is 6.92 Å². The Morgan fingerprint density at radius 2 is 2.33 bits per heavy atom. The van der Waals surface area contributed by atoms with Crippen molar-refractivity contribution in [3.05, 3.63) is 24.0 Å². The third-order valence-electron chi connectivity index (χ3n) is 3.12. The molecular weight excluding hydrogens is 242 g/mol. The van der Waals surface area contributed by atoms with E-state index in [9.17, 15) is 0 Å². The first-order chi connectivity index (χ1) is 8.90. The van der Waals surface area contributed by atoms with E-state index in [0.717, 1.165) is 25.3 Å². The van der Waals surface area contributed by atoms with Crippen LogP contribution in [0.4, 0.5) is 5.69 Å². The van der Waals surface area contributed by atoms with Crippen LogP contribution in [0.5, 0.6) is 0 Å². The molecular formula is C14H23N3S. The SMILES string of the molecule is CCCNCc1cc(N2CCCSCC2)ccn1. The topological polar surface area (TPSA) is 28.2 Å². The molecule has 100 valence electrons. The molecule has 0 saturated carbocycles. The van der Waals surface area contributed by atoms with Gasteiger partial charge in [-0.25, -0.2) is 0 Å². The average molecular weight is 265 g/mol. The molecule has 18 heavy (non-hydrogen) atoms. The predicted molar refractivity (Wildman–Crippen MR) is 80.4 cm³/mol. The molecule has 0 bridgehead atoms. The number of nitrogens with zero attached hydrogens (tertiary/aromatic N) is 2. The highest BCUT2D eigenvalue weighted by molar-refractivity contribution is 7.99. The summed E-state index contributed by atoms with van der Waals surface area (Å²) in [5, 5.41) is 3.41. The number of rotatable bonds is 5. The highest BCUT2D eigenvalue weighted by atomic mass is 32.2. The molecule has 3 nitrogen and oxygen atoms in total. The summed E-state index contributed by atoms with van der Waals surface area (Å²) in [6.45, 7) is 6.47. The highest BCUT2D eigenvalue weighted by Crippen LogP contribution is 2.19. The number of aromatic nitrogens is 1. The van der Waals surface area contributed by atoms with Crippen LogP contribution in [0.25, 0.3) is 0 Å². The standard InChI is InChI=1S/C14H23N3S/c1-2-5-15-12-13-11-14(4-6-16-13)17-7-3-9-18-10-8-17/h4,6,11,15H,2-3,5,7-10,12H2,1H3. The monoisotopic (exact) mass is 265 g/mol. The summed E-state index contributed by atoms with van der Waals surface area (Å²) >= 11 is 2.07. The quantitative estimate of drug-likeness (QED) is 0.828. The van der Waals surface area contributed by atoms with Crippen molar-refractivity contribution >= 4 is 17.4 Å². The maximum Gasteiger partial charge on any atom is 0.0562 e. The Hall–Kier alpha value is -0.740. The number of thioether (sulfide) groups is 1. The number of hydrogen-bond donors (Lipinski definition) is 1. The van der Waals surface area contributed by atoms with Crippen LogP contribution in [0.3, 0.4) is 0 Å². The first-order valence-electron chi connectivity index (χ1n) is 6.88. The average Bonchev–Trinajstić information content (AvgIpc) is 2.68. The first-order valence-corrected chi connectivity index (χ1v) is 8.04. The van der Waals surface area contributed by atoms with Gasteiger partial charge in [-0.2, -0.15) is 11.8 Å². The Morgan fingerprint density at radius 3 is 3.22 bits per heavy atom. The Labute approximate surface area is 114 Å². The minimum absolute atomic E-state index is 0.879. The van der Waals surface area contributed by atoms with Crippen molar-refractivity contribution in [2.24, 2.45) is 0 Å². The molecule has 4 heteroatoms. The van der Waals surface area contributed by atoms with Crippen LogP contribution in [0.1, 0.15) is 25.5 Å². The molecule has 0 spiro atoms. The van der Waals surface area contributed by atoms with Crippen molar-refractivity contribution in [3.63, 3.8) is 0 Å². The number of hydrogen-bond acceptors (Lipinski definition) is 4. The zero-order valence-electron chi connectivity index (χ0n) is 11.2. The van der Waals surface area contributed by atoms with E-state index in [2.05, 4.69) is 46.0 Å². The largest absolute Gasteiger partial charge is 0.371 e. The fraction of sp³-hybridized carbons (Fsp3) is 0.643. The van der Waals surface area contributed by atoms with E-state index < -0.39 is 0 Å². The van der Waals surface area contributed by atoms with Crippen molar-refractivity contribution in [2.75, 3.05) is 36.0 Å². The Balaban J connectivity index is 1.96. The maximum absolute atomic E-state index is 4.44. The summed E-state index contributed by atoms with van der Waals surface area (Å²) in [4.78, 5) is 6.93. The summed E-state index contributed by atoms with van der Waals surface area (Å²) in [7, 11) is 0. The molecule has 1 saturated heterocycles. The lowest BCUT2D eigenvalue weighted by molar-refractivity contribution is 0.664. The minimum atomic E-state index is 0.879. The summed E-state index contributed by atoms with van der Waals surface area (Å²) in [5.74, 6) is 2.54. The second-order valence-electron chi connectivity index (χ2n) is 4.64. The molecule has 1 aromatic heterocycles. The predicted octanol–water partition coefficient (Wildman–Crippen LogP) is 2.52. The molecule has 0 amide bonds. The molecule has 1 fully saturated rings. The third kappa shape index (κ3) is 4.18. The van der Waals surface area contributed by atoms with Crippen LogP contribution < -0.4 is 10.2 Å². The van der Waals surface area contributed by atoms with E-state index in [0.29, 0.717) is 0 Å². The second-order valence-corrected chi connectivity index (χ2v) is 5.86. The van der Waals surface area contributed by atoms with Gasteiger partial charge < -0.3 is 10.2 Å². The summed E-state index contributed by atoms with van der Waals surface area (Å²) in [6, 6.07) is 4.37. The van der Waals surface area contributed by atoms with Gasteiger partial charge in [0.05, 0.1) is 5.69 Å². The minimum Gasteiger partial charge on any atom is -0.371 e. The van der Waals surface area contributed by atoms with Crippen molar-refractivity contribution < 1.29 is 0 Å². The Bertz CT molecular complexity index is 349. The molecule has 0 radical (unpaired) electrons. The van der Waals surface area contributed by atoms with Crippen LogP contribution in [0, 0.1) is 0 Å². The smallest absolute Gasteiger partial charge is 0.0562 e. The van der Waals surface area contributed by atoms with Crippen LogP contribution in [0.2, 0.25) is 0 Å². The number of nitrogens with one attached hydrogen (secondary N) is 1. The van der Waals surface area contributed by atoms with E-state index in [4.69, 9.17) is 0 Å². The molecule has 1 aliphatic rings. The van der Waals surface area contributed by atoms with Crippen LogP contribution in [-0.2, 0) is 6.54 Å². The molecule has 2 heterocycles. The first kappa shape index (κ1) is 13.7. The Kier molecular flexibility index (Phi) is 5.81. The highest BCUT2D eigenvalue weighted by Gasteiger charge is 2.10. The van der Waals surface area contributed by atoms with Gasteiger partial charge in [-0.3, -0.25) is 4.98 Å². The lowest BCUT2D eigenvalue weighted by Gasteiger charge is -2.22. The van der Waals surface area contributed by atoms with Gasteiger partial charge in [-0.15, -0.1) is 0 Å². The molecule has 1 aromatic rings. The van der Waals surface area contributed by atoms with E-state index in [1.165, 1.54) is 36.6 Å². The van der Waals surface area contributed by atoms with Gasteiger partial charge in [0.2, 0.25) is 0 Å². The number of anilines is 1. The Morgan fingerprint density at radius 1 is 1.39 bits per heavy atom. The van der Waals surface area contributed by atoms with Crippen LogP contribution in [0.15, 0.2) is 18.3 Å². The third-order valence-corrected chi connectivity index (χ3v) is 4.17. The summed E-state index contributed by atoms with van der Waals surface area (Å²) in [5.41, 5.74) is 2.48. The van der Waals surface area contributed by atoms with Gasteiger partial charge in [0.25, 0.3) is 0 Å². The second kappa shape index (κ2) is 7.64. The zero-order valence-corrected chi connectivity index (χ0v) is 12.0. The molecule has 1 N–H and O–H groups in total. The van der Waals surface area contributed by atoms with Crippen molar-refractivity contribution in [1.29, 1.82) is 0 Å². The van der Waals surface area contributed by atoms with Crippen molar-refractivity contribution in [2.45, 2.75) is 26.3 Å². The fourth-order valence-corrected chi connectivity index (χ4v) is 3.04. The van der Waals surface area contributed by atoms with Crippen molar-refractivity contribution in [1.82, 2.24) is 10.3 Å².